The van der Waals surface area contributed by atoms with Crippen LogP contribution in [0.3, 0.4) is 0 Å². The Kier molecular flexibility index (Phi) is 3.46. The maximum atomic E-state index is 11.6. The van der Waals surface area contributed by atoms with Crippen LogP contribution in [0.15, 0.2) is 18.2 Å². The van der Waals surface area contributed by atoms with Gasteiger partial charge in [0.25, 0.3) is 5.69 Å². The van der Waals surface area contributed by atoms with Crippen molar-refractivity contribution in [3.8, 4) is 0 Å². The molecule has 1 aromatic carbocycles. The summed E-state index contributed by atoms with van der Waals surface area (Å²) in [7, 11) is 0. The largest absolute Gasteiger partial charge is 0.373 e. The predicted octanol–water partition coefficient (Wildman–Crippen LogP) is 1.12. The number of nitro groups is 1. The molecule has 1 unspecified atom stereocenters. The predicted molar refractivity (Wildman–Crippen MR) is 67.6 cm³/mol. The fourth-order valence-corrected chi connectivity index (χ4v) is 1.98. The van der Waals surface area contributed by atoms with Crippen LogP contribution in [0.4, 0.5) is 11.4 Å². The molecular formula is C12H13N3O4. The smallest absolute Gasteiger partial charge is 0.271 e. The monoisotopic (exact) mass is 263 g/mol. The van der Waals surface area contributed by atoms with Gasteiger partial charge in [0.15, 0.2) is 0 Å². The topological polar surface area (TPSA) is 101 Å². The molecule has 0 aromatic heterocycles. The van der Waals surface area contributed by atoms with Gasteiger partial charge < -0.3 is 5.32 Å². The van der Waals surface area contributed by atoms with Crippen molar-refractivity contribution in [2.75, 3.05) is 5.32 Å². The third kappa shape index (κ3) is 3.06. The van der Waals surface area contributed by atoms with Crippen LogP contribution < -0.4 is 10.6 Å². The Balaban J connectivity index is 2.17. The summed E-state index contributed by atoms with van der Waals surface area (Å²) >= 11 is 0. The number of hydrogen-bond donors (Lipinski definition) is 2. The molecule has 2 N–H and O–H groups in total. The van der Waals surface area contributed by atoms with Gasteiger partial charge in [0.2, 0.25) is 11.8 Å². The van der Waals surface area contributed by atoms with Crippen molar-refractivity contribution < 1.29 is 14.5 Å². The Hall–Kier alpha value is -2.44. The molecule has 1 fully saturated rings. The zero-order valence-corrected chi connectivity index (χ0v) is 10.3. The van der Waals surface area contributed by atoms with E-state index in [-0.39, 0.29) is 18.0 Å². The lowest BCUT2D eigenvalue weighted by Gasteiger charge is -2.22. The van der Waals surface area contributed by atoms with Crippen LogP contribution >= 0.6 is 0 Å². The van der Waals surface area contributed by atoms with E-state index in [0.29, 0.717) is 12.1 Å². The molecular weight excluding hydrogens is 250 g/mol. The number of hydrogen-bond acceptors (Lipinski definition) is 5. The fraction of sp³-hybridized carbons (Fsp3) is 0.333. The molecule has 0 bridgehead atoms. The summed E-state index contributed by atoms with van der Waals surface area (Å²) in [5.74, 6) is -0.696. The zero-order chi connectivity index (χ0) is 14.0. The molecule has 7 nitrogen and oxygen atoms in total. The van der Waals surface area contributed by atoms with Crippen LogP contribution in [0.25, 0.3) is 0 Å². The molecule has 1 atom stereocenters. The number of carbonyl (C=O) groups is 2. The van der Waals surface area contributed by atoms with Gasteiger partial charge in [0.05, 0.1) is 4.92 Å². The van der Waals surface area contributed by atoms with Gasteiger partial charge in [-0.3, -0.25) is 25.0 Å². The summed E-state index contributed by atoms with van der Waals surface area (Å²) in [5.41, 5.74) is 1.19. The summed E-state index contributed by atoms with van der Waals surface area (Å²) in [6, 6.07) is 4.00. The fourth-order valence-electron chi connectivity index (χ4n) is 1.98. The van der Waals surface area contributed by atoms with Crippen LogP contribution in [-0.4, -0.2) is 22.8 Å². The first-order valence-corrected chi connectivity index (χ1v) is 5.82. The highest BCUT2D eigenvalue weighted by Crippen LogP contribution is 2.22. The summed E-state index contributed by atoms with van der Waals surface area (Å²) in [5, 5.41) is 15.9. The zero-order valence-electron chi connectivity index (χ0n) is 10.3. The van der Waals surface area contributed by atoms with Crippen LogP contribution in [0.2, 0.25) is 0 Å². The van der Waals surface area contributed by atoms with Crippen molar-refractivity contribution in [1.29, 1.82) is 0 Å². The number of non-ortho nitro benzene ring substituents is 1. The number of amides is 2. The van der Waals surface area contributed by atoms with Gasteiger partial charge in [-0.15, -0.1) is 0 Å². The van der Waals surface area contributed by atoms with Gasteiger partial charge >= 0.3 is 0 Å². The van der Waals surface area contributed by atoms with E-state index in [9.17, 15) is 19.7 Å². The third-order valence-electron chi connectivity index (χ3n) is 2.85. The van der Waals surface area contributed by atoms with E-state index in [1.807, 2.05) is 0 Å². The van der Waals surface area contributed by atoms with Crippen molar-refractivity contribution in [3.63, 3.8) is 0 Å². The SMILES string of the molecule is Cc1cc(NC2CCC(=O)NC2=O)cc([N+](=O)[O-])c1. The minimum atomic E-state index is -0.542. The van der Waals surface area contributed by atoms with Gasteiger partial charge in [0, 0.05) is 24.2 Å². The molecule has 0 spiro atoms. The Labute approximate surface area is 109 Å². The third-order valence-corrected chi connectivity index (χ3v) is 2.85. The van der Waals surface area contributed by atoms with Gasteiger partial charge in [-0.05, 0) is 25.0 Å². The van der Waals surface area contributed by atoms with Crippen LogP contribution in [0.5, 0.6) is 0 Å². The Bertz CT molecular complexity index is 556. The van der Waals surface area contributed by atoms with Gasteiger partial charge in [-0.25, -0.2) is 0 Å². The second kappa shape index (κ2) is 5.05. The molecule has 1 aliphatic heterocycles. The Morgan fingerprint density at radius 2 is 2.11 bits per heavy atom. The molecule has 19 heavy (non-hydrogen) atoms. The Morgan fingerprint density at radius 3 is 2.74 bits per heavy atom. The van der Waals surface area contributed by atoms with Crippen molar-refractivity contribution in [2.45, 2.75) is 25.8 Å². The highest BCUT2D eigenvalue weighted by Gasteiger charge is 2.26. The van der Waals surface area contributed by atoms with E-state index in [1.54, 1.807) is 13.0 Å². The van der Waals surface area contributed by atoms with Crippen molar-refractivity contribution in [3.05, 3.63) is 33.9 Å². The van der Waals surface area contributed by atoms with E-state index in [1.165, 1.54) is 12.1 Å². The summed E-state index contributed by atoms with van der Waals surface area (Å²) in [6.07, 6.45) is 0.643. The highest BCUT2D eigenvalue weighted by molar-refractivity contribution is 6.01. The molecule has 2 rings (SSSR count). The molecule has 1 aliphatic rings. The van der Waals surface area contributed by atoms with E-state index in [4.69, 9.17) is 0 Å². The number of benzene rings is 1. The second-order valence-corrected chi connectivity index (χ2v) is 4.46. The van der Waals surface area contributed by atoms with Gasteiger partial charge in [0.1, 0.15) is 6.04 Å². The summed E-state index contributed by atoms with van der Waals surface area (Å²) < 4.78 is 0. The maximum Gasteiger partial charge on any atom is 0.271 e. The van der Waals surface area contributed by atoms with Crippen molar-refractivity contribution >= 4 is 23.2 Å². The first kappa shape index (κ1) is 13.0. The number of carbonyl (C=O) groups excluding carboxylic acids is 2. The van der Waals surface area contributed by atoms with E-state index in [0.717, 1.165) is 5.56 Å². The molecule has 0 aliphatic carbocycles. The molecule has 100 valence electrons. The lowest BCUT2D eigenvalue weighted by Crippen LogP contribution is -2.47. The quantitative estimate of drug-likeness (QED) is 0.483. The van der Waals surface area contributed by atoms with Crippen LogP contribution in [0.1, 0.15) is 18.4 Å². The highest BCUT2D eigenvalue weighted by atomic mass is 16.6. The number of anilines is 1. The first-order valence-electron chi connectivity index (χ1n) is 5.82. The second-order valence-electron chi connectivity index (χ2n) is 4.46. The summed E-state index contributed by atoms with van der Waals surface area (Å²) in [6.45, 7) is 1.74. The average molecular weight is 263 g/mol. The van der Waals surface area contributed by atoms with E-state index in [2.05, 4.69) is 10.6 Å². The lowest BCUT2D eigenvalue weighted by molar-refractivity contribution is -0.384. The first-order chi connectivity index (χ1) is 8.95. The lowest BCUT2D eigenvalue weighted by atomic mass is 10.1. The number of nitrogens with zero attached hydrogens (tertiary/aromatic N) is 1. The number of aryl methyl sites for hydroxylation is 1. The number of imide groups is 1. The van der Waals surface area contributed by atoms with Crippen LogP contribution in [-0.2, 0) is 9.59 Å². The normalized spacial score (nSPS) is 18.9. The Morgan fingerprint density at radius 1 is 1.37 bits per heavy atom. The van der Waals surface area contributed by atoms with Gasteiger partial charge in [-0.1, -0.05) is 0 Å². The molecule has 1 heterocycles. The molecule has 1 saturated heterocycles. The van der Waals surface area contributed by atoms with Crippen LogP contribution in [0, 0.1) is 17.0 Å². The molecule has 7 heteroatoms. The van der Waals surface area contributed by atoms with Gasteiger partial charge in [-0.2, -0.15) is 0 Å². The summed E-state index contributed by atoms with van der Waals surface area (Å²) in [4.78, 5) is 32.9. The average Bonchev–Trinajstić information content (AvgIpc) is 2.32. The molecule has 1 aromatic rings. The van der Waals surface area contributed by atoms with E-state index < -0.39 is 16.9 Å². The molecule has 0 radical (unpaired) electrons. The van der Waals surface area contributed by atoms with Crippen molar-refractivity contribution in [1.82, 2.24) is 5.32 Å². The number of nitrogens with one attached hydrogen (secondary N) is 2. The molecule has 2 amide bonds. The molecule has 0 saturated carbocycles. The number of nitro benzene ring substituents is 1. The van der Waals surface area contributed by atoms with Crippen molar-refractivity contribution in [2.24, 2.45) is 0 Å². The minimum absolute atomic E-state index is 0.0326. The standard InChI is InChI=1S/C12H13N3O4/c1-7-4-8(6-9(5-7)15(18)19)13-10-2-3-11(16)14-12(10)17/h4-6,10,13H,2-3H2,1H3,(H,14,16,17). The number of rotatable bonds is 3. The minimum Gasteiger partial charge on any atom is -0.373 e. The van der Waals surface area contributed by atoms with E-state index >= 15 is 0 Å². The maximum absolute atomic E-state index is 11.6. The number of piperidine rings is 1.